The normalized spacial score (nSPS) is 20.0. The number of benzene rings is 1. The summed E-state index contributed by atoms with van der Waals surface area (Å²) in [6.45, 7) is 5.03. The molecule has 1 aromatic carbocycles. The second-order valence-corrected chi connectivity index (χ2v) is 5.47. The van der Waals surface area contributed by atoms with Crippen LogP contribution in [0.15, 0.2) is 24.3 Å². The average molecular weight is 261 g/mol. The molecule has 0 bridgehead atoms. The molecule has 0 aliphatic carbocycles. The third kappa shape index (κ3) is 4.56. The van der Waals surface area contributed by atoms with Gasteiger partial charge in [-0.15, -0.1) is 0 Å². The number of rotatable bonds is 3. The molecular weight excluding hydrogens is 238 g/mol. The zero-order chi connectivity index (χ0) is 13.7. The number of urea groups is 1. The smallest absolute Gasteiger partial charge is 0.319 e. The maximum Gasteiger partial charge on any atom is 0.319 e. The van der Waals surface area contributed by atoms with Crippen molar-refractivity contribution in [2.45, 2.75) is 19.8 Å². The summed E-state index contributed by atoms with van der Waals surface area (Å²) in [6.07, 6.45) is 2.43. The van der Waals surface area contributed by atoms with Gasteiger partial charge in [-0.1, -0.05) is 17.7 Å². The Hall–Kier alpha value is -1.55. The van der Waals surface area contributed by atoms with Gasteiger partial charge in [-0.3, -0.25) is 0 Å². The van der Waals surface area contributed by atoms with Crippen molar-refractivity contribution in [3.05, 3.63) is 29.8 Å². The predicted molar refractivity (Wildman–Crippen MR) is 78.4 cm³/mol. The van der Waals surface area contributed by atoms with E-state index in [4.69, 9.17) is 0 Å². The van der Waals surface area contributed by atoms with Gasteiger partial charge in [0.25, 0.3) is 0 Å². The number of nitrogens with one attached hydrogen (secondary N) is 2. The molecule has 1 aliphatic heterocycles. The fourth-order valence-corrected chi connectivity index (χ4v) is 2.49. The van der Waals surface area contributed by atoms with E-state index in [9.17, 15) is 4.79 Å². The molecule has 1 heterocycles. The molecule has 1 atom stereocenters. The Morgan fingerprint density at radius 1 is 1.37 bits per heavy atom. The van der Waals surface area contributed by atoms with Crippen molar-refractivity contribution in [1.29, 1.82) is 0 Å². The lowest BCUT2D eigenvalue weighted by Gasteiger charge is -2.29. The molecule has 1 fully saturated rings. The first-order valence-corrected chi connectivity index (χ1v) is 6.93. The van der Waals surface area contributed by atoms with Gasteiger partial charge in [0.15, 0.2) is 0 Å². The summed E-state index contributed by atoms with van der Waals surface area (Å²) in [7, 11) is 2.14. The summed E-state index contributed by atoms with van der Waals surface area (Å²) in [6, 6.07) is 7.71. The van der Waals surface area contributed by atoms with Crippen LogP contribution in [-0.4, -0.2) is 37.6 Å². The summed E-state index contributed by atoms with van der Waals surface area (Å²) in [4.78, 5) is 14.1. The van der Waals surface area contributed by atoms with Gasteiger partial charge in [-0.05, 0) is 51.4 Å². The first kappa shape index (κ1) is 13.9. The van der Waals surface area contributed by atoms with Crippen LogP contribution in [0, 0.1) is 12.8 Å². The number of amides is 2. The molecule has 4 heteroatoms. The Bertz CT molecular complexity index is 416. The van der Waals surface area contributed by atoms with E-state index in [1.165, 1.54) is 24.9 Å². The molecule has 1 aliphatic rings. The van der Waals surface area contributed by atoms with Crippen LogP contribution in [0.4, 0.5) is 10.5 Å². The highest BCUT2D eigenvalue weighted by molar-refractivity contribution is 5.89. The van der Waals surface area contributed by atoms with Gasteiger partial charge in [-0.2, -0.15) is 0 Å². The molecule has 1 saturated heterocycles. The van der Waals surface area contributed by atoms with Gasteiger partial charge in [0.1, 0.15) is 0 Å². The number of nitrogens with zero attached hydrogens (tertiary/aromatic N) is 1. The minimum Gasteiger partial charge on any atom is -0.338 e. The molecule has 0 saturated carbocycles. The number of hydrogen-bond donors (Lipinski definition) is 2. The first-order chi connectivity index (χ1) is 9.13. The molecule has 1 aromatic rings. The maximum absolute atomic E-state index is 11.8. The molecule has 0 aromatic heterocycles. The topological polar surface area (TPSA) is 44.4 Å². The van der Waals surface area contributed by atoms with E-state index in [0.29, 0.717) is 5.92 Å². The van der Waals surface area contributed by atoms with E-state index in [-0.39, 0.29) is 6.03 Å². The lowest BCUT2D eigenvalue weighted by Crippen LogP contribution is -2.40. The van der Waals surface area contributed by atoms with Crippen molar-refractivity contribution < 1.29 is 4.79 Å². The molecule has 2 rings (SSSR count). The lowest BCUT2D eigenvalue weighted by atomic mass is 9.99. The van der Waals surface area contributed by atoms with Gasteiger partial charge in [0, 0.05) is 18.8 Å². The highest BCUT2D eigenvalue weighted by Gasteiger charge is 2.17. The van der Waals surface area contributed by atoms with Crippen molar-refractivity contribution >= 4 is 11.7 Å². The summed E-state index contributed by atoms with van der Waals surface area (Å²) in [5.41, 5.74) is 2.03. The summed E-state index contributed by atoms with van der Waals surface area (Å²) >= 11 is 0. The second-order valence-electron chi connectivity index (χ2n) is 5.47. The van der Waals surface area contributed by atoms with Gasteiger partial charge < -0.3 is 15.5 Å². The molecular formula is C15H23N3O. The Labute approximate surface area is 115 Å². The van der Waals surface area contributed by atoms with Crippen molar-refractivity contribution in [3.63, 3.8) is 0 Å². The zero-order valence-electron chi connectivity index (χ0n) is 11.8. The molecule has 0 radical (unpaired) electrons. The standard InChI is InChI=1S/C15H23N3O/c1-12-5-7-14(8-6-12)17-15(19)16-10-13-4-3-9-18(2)11-13/h5-8,13H,3-4,9-11H2,1-2H3,(H2,16,17,19). The largest absolute Gasteiger partial charge is 0.338 e. The fraction of sp³-hybridized carbons (Fsp3) is 0.533. The van der Waals surface area contributed by atoms with Crippen molar-refractivity contribution in [3.8, 4) is 0 Å². The number of piperidine rings is 1. The molecule has 4 nitrogen and oxygen atoms in total. The molecule has 104 valence electrons. The molecule has 19 heavy (non-hydrogen) atoms. The van der Waals surface area contributed by atoms with Gasteiger partial charge in [0.05, 0.1) is 0 Å². The van der Waals surface area contributed by atoms with Crippen LogP contribution in [-0.2, 0) is 0 Å². The quantitative estimate of drug-likeness (QED) is 0.878. The van der Waals surface area contributed by atoms with Gasteiger partial charge >= 0.3 is 6.03 Å². The van der Waals surface area contributed by atoms with Crippen LogP contribution in [0.3, 0.4) is 0 Å². The number of hydrogen-bond acceptors (Lipinski definition) is 2. The Kier molecular flexibility index (Phi) is 4.80. The maximum atomic E-state index is 11.8. The predicted octanol–water partition coefficient (Wildman–Crippen LogP) is 2.46. The summed E-state index contributed by atoms with van der Waals surface area (Å²) in [5.74, 6) is 0.572. The van der Waals surface area contributed by atoms with E-state index in [1.54, 1.807) is 0 Å². The van der Waals surface area contributed by atoms with Crippen LogP contribution in [0.2, 0.25) is 0 Å². The van der Waals surface area contributed by atoms with Crippen LogP contribution in [0.25, 0.3) is 0 Å². The molecule has 0 spiro atoms. The van der Waals surface area contributed by atoms with E-state index in [0.717, 1.165) is 18.8 Å². The number of carbonyl (C=O) groups is 1. The SMILES string of the molecule is Cc1ccc(NC(=O)NCC2CCCN(C)C2)cc1. The van der Waals surface area contributed by atoms with Crippen molar-refractivity contribution in [2.75, 3.05) is 32.0 Å². The molecule has 2 amide bonds. The number of anilines is 1. The van der Waals surface area contributed by atoms with Crippen LogP contribution in [0.1, 0.15) is 18.4 Å². The van der Waals surface area contributed by atoms with Gasteiger partial charge in [0.2, 0.25) is 0 Å². The molecule has 2 N–H and O–H groups in total. The molecule has 1 unspecified atom stereocenters. The Morgan fingerprint density at radius 3 is 2.79 bits per heavy atom. The van der Waals surface area contributed by atoms with E-state index in [2.05, 4.69) is 22.6 Å². The highest BCUT2D eigenvalue weighted by Crippen LogP contribution is 2.14. The number of carbonyl (C=O) groups excluding carboxylic acids is 1. The summed E-state index contributed by atoms with van der Waals surface area (Å²) in [5, 5.41) is 5.82. The Morgan fingerprint density at radius 2 is 2.11 bits per heavy atom. The average Bonchev–Trinajstić information content (AvgIpc) is 2.39. The number of aryl methyl sites for hydroxylation is 1. The minimum absolute atomic E-state index is 0.114. The monoisotopic (exact) mass is 261 g/mol. The highest BCUT2D eigenvalue weighted by atomic mass is 16.2. The fourth-order valence-electron chi connectivity index (χ4n) is 2.49. The second kappa shape index (κ2) is 6.57. The minimum atomic E-state index is -0.114. The van der Waals surface area contributed by atoms with Gasteiger partial charge in [-0.25, -0.2) is 4.79 Å². The Balaban J connectivity index is 1.73. The van der Waals surface area contributed by atoms with E-state index in [1.807, 2.05) is 31.2 Å². The first-order valence-electron chi connectivity index (χ1n) is 6.93. The zero-order valence-corrected chi connectivity index (χ0v) is 11.8. The van der Waals surface area contributed by atoms with E-state index >= 15 is 0 Å². The third-order valence-electron chi connectivity index (χ3n) is 3.58. The summed E-state index contributed by atoms with van der Waals surface area (Å²) < 4.78 is 0. The van der Waals surface area contributed by atoms with Crippen LogP contribution in [0.5, 0.6) is 0 Å². The third-order valence-corrected chi connectivity index (χ3v) is 3.58. The lowest BCUT2D eigenvalue weighted by molar-refractivity contribution is 0.204. The number of likely N-dealkylation sites (tertiary alicyclic amines) is 1. The van der Waals surface area contributed by atoms with Crippen molar-refractivity contribution in [2.24, 2.45) is 5.92 Å². The van der Waals surface area contributed by atoms with Crippen LogP contribution >= 0.6 is 0 Å². The van der Waals surface area contributed by atoms with Crippen molar-refractivity contribution in [1.82, 2.24) is 10.2 Å². The van der Waals surface area contributed by atoms with E-state index < -0.39 is 0 Å². The van der Waals surface area contributed by atoms with Crippen LogP contribution < -0.4 is 10.6 Å².